The first kappa shape index (κ1) is 16.4. The van der Waals surface area contributed by atoms with E-state index in [2.05, 4.69) is 42.3 Å². The molecule has 0 bridgehead atoms. The van der Waals surface area contributed by atoms with Crippen molar-refractivity contribution in [3.8, 4) is 5.75 Å². The van der Waals surface area contributed by atoms with Gasteiger partial charge in [-0.1, -0.05) is 12.1 Å². The average Bonchev–Trinajstić information content (AvgIpc) is 2.41. The van der Waals surface area contributed by atoms with E-state index in [0.29, 0.717) is 0 Å². The number of aromatic nitrogens is 1. The van der Waals surface area contributed by atoms with E-state index in [9.17, 15) is 0 Å². The summed E-state index contributed by atoms with van der Waals surface area (Å²) in [7, 11) is 0. The van der Waals surface area contributed by atoms with Crippen LogP contribution in [0.4, 0.5) is 0 Å². The van der Waals surface area contributed by atoms with Gasteiger partial charge in [0.1, 0.15) is 5.75 Å². The maximum atomic E-state index is 5.73. The molecule has 1 heterocycles. The van der Waals surface area contributed by atoms with Gasteiger partial charge >= 0.3 is 0 Å². The molecule has 4 nitrogen and oxygen atoms in total. The highest BCUT2D eigenvalue weighted by Gasteiger charge is 2.18. The highest BCUT2D eigenvalue weighted by atomic mass is 79.9. The third-order valence-corrected chi connectivity index (χ3v) is 3.91. The largest absolute Gasteiger partial charge is 0.491 e. The fraction of sp³-hybridized carbons (Fsp3) is 0.267. The first-order chi connectivity index (χ1) is 10.0. The summed E-state index contributed by atoms with van der Waals surface area (Å²) >= 11 is 6.92. The molecule has 3 N–H and O–H groups in total. The summed E-state index contributed by atoms with van der Waals surface area (Å²) < 4.78 is 7.52. The van der Waals surface area contributed by atoms with Gasteiger partial charge in [-0.2, -0.15) is 0 Å². The second-order valence-electron chi connectivity index (χ2n) is 4.86. The van der Waals surface area contributed by atoms with Gasteiger partial charge < -0.3 is 4.74 Å². The third kappa shape index (κ3) is 4.26. The van der Waals surface area contributed by atoms with E-state index in [4.69, 9.17) is 10.6 Å². The van der Waals surface area contributed by atoms with E-state index in [1.165, 1.54) is 0 Å². The van der Waals surface area contributed by atoms with Crippen molar-refractivity contribution in [3.05, 3.63) is 56.7 Å². The molecule has 0 saturated heterocycles. The third-order valence-electron chi connectivity index (χ3n) is 2.84. The zero-order chi connectivity index (χ0) is 15.4. The lowest BCUT2D eigenvalue weighted by Gasteiger charge is -2.19. The maximum absolute atomic E-state index is 5.73. The van der Waals surface area contributed by atoms with Crippen molar-refractivity contribution in [1.29, 1.82) is 0 Å². The van der Waals surface area contributed by atoms with Crippen molar-refractivity contribution in [2.45, 2.75) is 26.0 Å². The topological polar surface area (TPSA) is 60.2 Å². The Morgan fingerprint density at radius 1 is 1.24 bits per heavy atom. The van der Waals surface area contributed by atoms with Crippen LogP contribution in [0.5, 0.6) is 5.75 Å². The van der Waals surface area contributed by atoms with Gasteiger partial charge in [0.05, 0.1) is 17.8 Å². The molecular weight excluding hydrogens is 398 g/mol. The van der Waals surface area contributed by atoms with Crippen LogP contribution >= 0.6 is 31.9 Å². The number of nitrogens with two attached hydrogens (primary N) is 1. The Morgan fingerprint density at radius 2 is 2.00 bits per heavy atom. The standard InChI is InChI=1S/C15H17Br2N3O/c1-9(2)21-12-5-3-4-10(6-12)14(20-18)15-13(17)7-11(16)8-19-15/h3-9,14,20H,18H2,1-2H3. The molecule has 0 aliphatic heterocycles. The summed E-state index contributed by atoms with van der Waals surface area (Å²) in [4.78, 5) is 4.44. The van der Waals surface area contributed by atoms with Crippen molar-refractivity contribution in [2.75, 3.05) is 0 Å². The monoisotopic (exact) mass is 413 g/mol. The molecule has 1 aromatic heterocycles. The quantitative estimate of drug-likeness (QED) is 0.574. The number of hydrogen-bond acceptors (Lipinski definition) is 4. The van der Waals surface area contributed by atoms with Crippen molar-refractivity contribution in [3.63, 3.8) is 0 Å². The van der Waals surface area contributed by atoms with E-state index in [0.717, 1.165) is 26.0 Å². The van der Waals surface area contributed by atoms with Gasteiger partial charge in [-0.15, -0.1) is 0 Å². The van der Waals surface area contributed by atoms with Crippen LogP contribution in [0.15, 0.2) is 45.5 Å². The van der Waals surface area contributed by atoms with Gasteiger partial charge in [0, 0.05) is 15.1 Å². The van der Waals surface area contributed by atoms with Gasteiger partial charge in [-0.05, 0) is 69.5 Å². The molecule has 2 aromatic rings. The minimum atomic E-state index is -0.219. The van der Waals surface area contributed by atoms with E-state index >= 15 is 0 Å². The molecule has 0 fully saturated rings. The Bertz CT molecular complexity index is 620. The van der Waals surface area contributed by atoms with E-state index in [-0.39, 0.29) is 12.1 Å². The molecule has 0 radical (unpaired) electrons. The Hall–Kier alpha value is -0.950. The normalized spacial score (nSPS) is 12.5. The minimum absolute atomic E-state index is 0.127. The van der Waals surface area contributed by atoms with Crippen molar-refractivity contribution in [1.82, 2.24) is 10.4 Å². The lowest BCUT2D eigenvalue weighted by Crippen LogP contribution is -2.29. The number of halogens is 2. The number of ether oxygens (including phenoxy) is 1. The number of nitrogens with zero attached hydrogens (tertiary/aromatic N) is 1. The summed E-state index contributed by atoms with van der Waals surface area (Å²) in [6.07, 6.45) is 1.88. The van der Waals surface area contributed by atoms with Crippen LogP contribution in [0.2, 0.25) is 0 Å². The van der Waals surface area contributed by atoms with Crippen molar-refractivity contribution >= 4 is 31.9 Å². The van der Waals surface area contributed by atoms with Crippen LogP contribution in [-0.2, 0) is 0 Å². The fourth-order valence-electron chi connectivity index (χ4n) is 2.01. The average molecular weight is 415 g/mol. The Labute approximate surface area is 141 Å². The predicted molar refractivity (Wildman–Crippen MR) is 91.0 cm³/mol. The second-order valence-corrected chi connectivity index (χ2v) is 6.63. The Morgan fingerprint density at radius 3 is 2.62 bits per heavy atom. The van der Waals surface area contributed by atoms with Crippen LogP contribution in [0.25, 0.3) is 0 Å². The van der Waals surface area contributed by atoms with E-state index in [1.807, 2.05) is 44.2 Å². The smallest absolute Gasteiger partial charge is 0.120 e. The number of hydrogen-bond donors (Lipinski definition) is 2. The van der Waals surface area contributed by atoms with Gasteiger partial charge in [0.15, 0.2) is 0 Å². The van der Waals surface area contributed by atoms with Gasteiger partial charge in [0.2, 0.25) is 0 Å². The molecule has 1 aromatic carbocycles. The highest BCUT2D eigenvalue weighted by Crippen LogP contribution is 2.30. The molecule has 1 unspecified atom stereocenters. The zero-order valence-corrected chi connectivity index (χ0v) is 15.0. The summed E-state index contributed by atoms with van der Waals surface area (Å²) in [5.74, 6) is 6.55. The lowest BCUT2D eigenvalue weighted by molar-refractivity contribution is 0.242. The molecule has 0 amide bonds. The fourth-order valence-corrected chi connectivity index (χ4v) is 3.23. The summed E-state index contributed by atoms with van der Waals surface area (Å²) in [5, 5.41) is 0. The highest BCUT2D eigenvalue weighted by molar-refractivity contribution is 9.11. The van der Waals surface area contributed by atoms with Gasteiger partial charge in [-0.25, -0.2) is 5.43 Å². The molecule has 21 heavy (non-hydrogen) atoms. The Kier molecular flexibility index (Phi) is 5.75. The summed E-state index contributed by atoms with van der Waals surface area (Å²) in [6, 6.07) is 9.57. The molecule has 112 valence electrons. The first-order valence-electron chi connectivity index (χ1n) is 6.55. The molecular formula is C15H17Br2N3O. The molecule has 6 heteroatoms. The van der Waals surface area contributed by atoms with Crippen LogP contribution in [0.1, 0.15) is 31.1 Å². The second kappa shape index (κ2) is 7.35. The van der Waals surface area contributed by atoms with Crippen LogP contribution in [0.3, 0.4) is 0 Å². The summed E-state index contributed by atoms with van der Waals surface area (Å²) in [5.41, 5.74) is 4.63. The number of rotatable bonds is 5. The van der Waals surface area contributed by atoms with Crippen molar-refractivity contribution < 1.29 is 4.74 Å². The molecule has 0 aliphatic rings. The number of hydrazine groups is 1. The SMILES string of the molecule is CC(C)Oc1cccc(C(NN)c2ncc(Br)cc2Br)c1. The summed E-state index contributed by atoms with van der Waals surface area (Å²) in [6.45, 7) is 4.00. The molecule has 2 rings (SSSR count). The molecule has 0 saturated carbocycles. The van der Waals surface area contributed by atoms with Crippen LogP contribution in [-0.4, -0.2) is 11.1 Å². The molecule has 1 atom stereocenters. The van der Waals surface area contributed by atoms with Gasteiger partial charge in [0.25, 0.3) is 0 Å². The van der Waals surface area contributed by atoms with Gasteiger partial charge in [-0.3, -0.25) is 10.8 Å². The molecule has 0 aliphatic carbocycles. The Balaban J connectivity index is 2.37. The molecule has 0 spiro atoms. The van der Waals surface area contributed by atoms with Crippen molar-refractivity contribution in [2.24, 2.45) is 5.84 Å². The number of pyridine rings is 1. The lowest BCUT2D eigenvalue weighted by atomic mass is 10.0. The maximum Gasteiger partial charge on any atom is 0.120 e. The number of nitrogens with one attached hydrogen (secondary N) is 1. The van der Waals surface area contributed by atoms with Crippen LogP contribution in [0, 0.1) is 0 Å². The van der Waals surface area contributed by atoms with Crippen LogP contribution < -0.4 is 16.0 Å². The van der Waals surface area contributed by atoms with E-state index < -0.39 is 0 Å². The predicted octanol–water partition coefficient (Wildman–Crippen LogP) is 3.95. The first-order valence-corrected chi connectivity index (χ1v) is 8.13. The van der Waals surface area contributed by atoms with E-state index in [1.54, 1.807) is 6.20 Å². The minimum Gasteiger partial charge on any atom is -0.491 e. The zero-order valence-electron chi connectivity index (χ0n) is 11.8. The number of benzene rings is 1.